The third-order valence-electron chi connectivity index (χ3n) is 2.36. The summed E-state index contributed by atoms with van der Waals surface area (Å²) < 4.78 is 2.00. The Labute approximate surface area is 79.9 Å². The highest BCUT2D eigenvalue weighted by atomic mass is 79.9. The lowest BCUT2D eigenvalue weighted by molar-refractivity contribution is -0.918. The van der Waals surface area contributed by atoms with Crippen molar-refractivity contribution in [2.24, 2.45) is 0 Å². The summed E-state index contributed by atoms with van der Waals surface area (Å²) in [6.45, 7) is 0. The number of fused-ring (bicyclic) bond motifs is 1. The Hall–Kier alpha value is -0.570. The molecular formula is C9H11BrNO+. The molecule has 1 aromatic rings. The molecule has 0 bridgehead atoms. The van der Waals surface area contributed by atoms with E-state index in [1.165, 1.54) is 23.1 Å². The maximum atomic E-state index is 9.61. The van der Waals surface area contributed by atoms with Gasteiger partial charge in [0.15, 0.2) is 0 Å². The second-order valence-electron chi connectivity index (χ2n) is 3.15. The first-order valence-electron chi connectivity index (χ1n) is 4.20. The molecule has 1 aliphatic rings. The molecule has 1 aromatic heterocycles. The lowest BCUT2D eigenvalue weighted by Gasteiger charge is -2.10. The lowest BCUT2D eigenvalue weighted by atomic mass is 9.96. The van der Waals surface area contributed by atoms with Crippen molar-refractivity contribution >= 4 is 15.9 Å². The summed E-state index contributed by atoms with van der Waals surface area (Å²) in [6.07, 6.45) is 4.52. The van der Waals surface area contributed by atoms with Gasteiger partial charge in [-0.2, -0.15) is 0 Å². The van der Waals surface area contributed by atoms with E-state index in [1.54, 1.807) is 0 Å². The number of pyridine rings is 1. The third kappa shape index (κ3) is 1.22. The van der Waals surface area contributed by atoms with Crippen molar-refractivity contribution in [2.45, 2.75) is 25.7 Å². The Kier molecular flexibility index (Phi) is 2.05. The molecule has 2 rings (SSSR count). The summed E-state index contributed by atoms with van der Waals surface area (Å²) in [5.41, 5.74) is 2.35. The van der Waals surface area contributed by atoms with Gasteiger partial charge < -0.3 is 0 Å². The van der Waals surface area contributed by atoms with E-state index in [1.807, 2.05) is 6.07 Å². The van der Waals surface area contributed by atoms with Crippen LogP contribution in [0.2, 0.25) is 0 Å². The van der Waals surface area contributed by atoms with Crippen LogP contribution in [0.25, 0.3) is 0 Å². The van der Waals surface area contributed by atoms with Gasteiger partial charge >= 0.3 is 0 Å². The zero-order valence-electron chi connectivity index (χ0n) is 6.76. The van der Waals surface area contributed by atoms with Crippen molar-refractivity contribution in [2.75, 3.05) is 0 Å². The summed E-state index contributed by atoms with van der Waals surface area (Å²) in [4.78, 5) is 0. The molecule has 0 saturated heterocycles. The van der Waals surface area contributed by atoms with Gasteiger partial charge in [0.25, 0.3) is 4.60 Å². The van der Waals surface area contributed by atoms with E-state index in [9.17, 15) is 5.21 Å². The van der Waals surface area contributed by atoms with E-state index in [0.29, 0.717) is 0 Å². The van der Waals surface area contributed by atoms with Gasteiger partial charge in [-0.05, 0) is 25.3 Å². The van der Waals surface area contributed by atoms with Crippen LogP contribution in [0.15, 0.2) is 16.7 Å². The zero-order valence-corrected chi connectivity index (χ0v) is 8.34. The van der Waals surface area contributed by atoms with Crippen LogP contribution in [-0.4, -0.2) is 5.21 Å². The normalized spacial score (nSPS) is 15.8. The molecule has 2 nitrogen and oxygen atoms in total. The van der Waals surface area contributed by atoms with Crippen molar-refractivity contribution in [3.8, 4) is 0 Å². The number of aromatic nitrogens is 1. The fraction of sp³-hybridized carbons (Fsp3) is 0.444. The number of nitrogens with zero attached hydrogens (tertiary/aromatic N) is 1. The highest BCUT2D eigenvalue weighted by Gasteiger charge is 2.22. The molecule has 0 unspecified atom stereocenters. The number of hydrogen-bond donors (Lipinski definition) is 1. The SMILES string of the molecule is O[n+]1c(Br)ccc2c1CCCC2. The van der Waals surface area contributed by atoms with Crippen molar-refractivity contribution in [1.29, 1.82) is 0 Å². The predicted octanol–water partition coefficient (Wildman–Crippen LogP) is 1.85. The van der Waals surface area contributed by atoms with Gasteiger partial charge in [0.2, 0.25) is 5.69 Å². The molecule has 1 aliphatic carbocycles. The van der Waals surface area contributed by atoms with E-state index in [4.69, 9.17) is 0 Å². The molecule has 1 N–H and O–H groups in total. The summed E-state index contributed by atoms with van der Waals surface area (Å²) in [7, 11) is 0. The topological polar surface area (TPSA) is 24.1 Å². The van der Waals surface area contributed by atoms with E-state index < -0.39 is 0 Å². The molecule has 0 radical (unpaired) electrons. The minimum atomic E-state index is 0.739. The molecule has 3 heteroatoms. The molecule has 1 heterocycles. The van der Waals surface area contributed by atoms with E-state index >= 15 is 0 Å². The van der Waals surface area contributed by atoms with Crippen LogP contribution in [0.5, 0.6) is 0 Å². The first kappa shape index (κ1) is 8.05. The summed E-state index contributed by atoms with van der Waals surface area (Å²) in [5, 5.41) is 9.61. The van der Waals surface area contributed by atoms with Crippen molar-refractivity contribution in [3.05, 3.63) is 28.0 Å². The molecule has 0 aromatic carbocycles. The first-order chi connectivity index (χ1) is 5.79. The van der Waals surface area contributed by atoms with Crippen molar-refractivity contribution in [3.63, 3.8) is 0 Å². The van der Waals surface area contributed by atoms with E-state index in [0.717, 1.165) is 23.1 Å². The third-order valence-corrected chi connectivity index (χ3v) is 2.96. The standard InChI is InChI=1S/C9H11BrNO/c10-9-6-5-7-3-1-2-4-8(7)11(9)12/h5-6,12H,1-4H2/q+1. The molecule has 0 atom stereocenters. The number of aryl methyl sites for hydroxylation is 1. The quantitative estimate of drug-likeness (QED) is 0.409. The van der Waals surface area contributed by atoms with Crippen LogP contribution in [0.4, 0.5) is 0 Å². The number of rotatable bonds is 0. The monoisotopic (exact) mass is 228 g/mol. The molecule has 0 amide bonds. The molecule has 0 aliphatic heterocycles. The number of hydrogen-bond acceptors (Lipinski definition) is 1. The largest absolute Gasteiger partial charge is 0.298 e. The molecular weight excluding hydrogens is 218 g/mol. The molecule has 0 saturated carbocycles. The second-order valence-corrected chi connectivity index (χ2v) is 3.96. The highest BCUT2D eigenvalue weighted by Crippen LogP contribution is 2.19. The zero-order chi connectivity index (χ0) is 8.55. The van der Waals surface area contributed by atoms with Crippen molar-refractivity contribution < 1.29 is 9.94 Å². The summed E-state index contributed by atoms with van der Waals surface area (Å²) in [5.74, 6) is 0. The summed E-state index contributed by atoms with van der Waals surface area (Å²) >= 11 is 3.29. The molecule has 12 heavy (non-hydrogen) atoms. The van der Waals surface area contributed by atoms with Gasteiger partial charge in [0, 0.05) is 38.7 Å². The Morgan fingerprint density at radius 2 is 2.00 bits per heavy atom. The Morgan fingerprint density at radius 3 is 2.83 bits per heavy atom. The van der Waals surface area contributed by atoms with Crippen LogP contribution < -0.4 is 4.73 Å². The van der Waals surface area contributed by atoms with Gasteiger partial charge in [-0.15, -0.1) is 0 Å². The maximum absolute atomic E-state index is 9.61. The molecule has 0 fully saturated rings. The van der Waals surface area contributed by atoms with Gasteiger partial charge in [-0.1, -0.05) is 0 Å². The maximum Gasteiger partial charge on any atom is 0.298 e. The Bertz CT molecular complexity index is 312. The average molecular weight is 229 g/mol. The minimum Gasteiger partial charge on any atom is -0.284 e. The van der Waals surface area contributed by atoms with Gasteiger partial charge in [-0.3, -0.25) is 5.21 Å². The van der Waals surface area contributed by atoms with E-state index in [-0.39, 0.29) is 0 Å². The van der Waals surface area contributed by atoms with Crippen LogP contribution >= 0.6 is 15.9 Å². The molecule has 0 spiro atoms. The van der Waals surface area contributed by atoms with Crippen LogP contribution in [0.3, 0.4) is 0 Å². The van der Waals surface area contributed by atoms with Gasteiger partial charge in [-0.25, -0.2) is 0 Å². The predicted molar refractivity (Wildman–Crippen MR) is 48.2 cm³/mol. The fourth-order valence-electron chi connectivity index (χ4n) is 1.70. The smallest absolute Gasteiger partial charge is 0.284 e. The van der Waals surface area contributed by atoms with E-state index in [2.05, 4.69) is 22.0 Å². The number of halogens is 1. The van der Waals surface area contributed by atoms with Crippen LogP contribution in [0.1, 0.15) is 24.1 Å². The minimum absolute atomic E-state index is 0.739. The Morgan fingerprint density at radius 1 is 1.25 bits per heavy atom. The van der Waals surface area contributed by atoms with Crippen molar-refractivity contribution in [1.82, 2.24) is 0 Å². The highest BCUT2D eigenvalue weighted by molar-refractivity contribution is 9.10. The lowest BCUT2D eigenvalue weighted by Crippen LogP contribution is -2.39. The first-order valence-corrected chi connectivity index (χ1v) is 5.00. The fourth-order valence-corrected chi connectivity index (χ4v) is 2.05. The van der Waals surface area contributed by atoms with Crippen LogP contribution in [-0.2, 0) is 12.8 Å². The summed E-state index contributed by atoms with van der Waals surface area (Å²) in [6, 6.07) is 3.98. The van der Waals surface area contributed by atoms with Gasteiger partial charge in [0.1, 0.15) is 0 Å². The molecule has 64 valence electrons. The second kappa shape index (κ2) is 3.05. The Balaban J connectivity index is 2.54. The van der Waals surface area contributed by atoms with Gasteiger partial charge in [0.05, 0.1) is 0 Å². The van der Waals surface area contributed by atoms with Crippen LogP contribution in [0, 0.1) is 0 Å². The average Bonchev–Trinajstić information content (AvgIpc) is 2.12.